The zero-order chi connectivity index (χ0) is 14.6. The Morgan fingerprint density at radius 2 is 1.71 bits per heavy atom. The van der Waals surface area contributed by atoms with Gasteiger partial charge in [0, 0.05) is 28.2 Å². The first kappa shape index (κ1) is 12.7. The molecular weight excluding hydrogens is 264 g/mol. The molecule has 0 amide bonds. The third-order valence-corrected chi connectivity index (χ3v) is 4.91. The first-order valence-corrected chi connectivity index (χ1v) is 7.48. The Morgan fingerprint density at radius 3 is 2.48 bits per heavy atom. The van der Waals surface area contributed by atoms with E-state index in [1.807, 2.05) is 6.08 Å². The summed E-state index contributed by atoms with van der Waals surface area (Å²) < 4.78 is 0. The molecule has 4 rings (SSSR count). The molecule has 3 heteroatoms. The van der Waals surface area contributed by atoms with Crippen molar-refractivity contribution in [1.29, 1.82) is 0 Å². The molecule has 0 radical (unpaired) electrons. The number of rotatable bonds is 0. The van der Waals surface area contributed by atoms with Crippen LogP contribution in [0.25, 0.3) is 0 Å². The summed E-state index contributed by atoms with van der Waals surface area (Å²) in [5.41, 5.74) is 3.27. The smallest absolute Gasteiger partial charge is 0.190 e. The van der Waals surface area contributed by atoms with Gasteiger partial charge in [0.1, 0.15) is 0 Å². The van der Waals surface area contributed by atoms with E-state index in [9.17, 15) is 14.7 Å². The quantitative estimate of drug-likeness (QED) is 0.743. The summed E-state index contributed by atoms with van der Waals surface area (Å²) in [6.45, 7) is 0. The number of carbonyl (C=O) groups is 2. The van der Waals surface area contributed by atoms with E-state index < -0.39 is 6.10 Å². The molecule has 1 fully saturated rings. The normalized spacial score (nSPS) is 27.8. The number of ketones is 2. The summed E-state index contributed by atoms with van der Waals surface area (Å²) in [7, 11) is 0. The van der Waals surface area contributed by atoms with E-state index in [4.69, 9.17) is 0 Å². The molecule has 0 bridgehead atoms. The molecule has 0 saturated heterocycles. The fourth-order valence-electron chi connectivity index (χ4n) is 3.91. The van der Waals surface area contributed by atoms with Crippen molar-refractivity contribution >= 4 is 11.6 Å². The Labute approximate surface area is 123 Å². The number of hydrogen-bond donors (Lipinski definition) is 1. The molecule has 0 heterocycles. The fraction of sp³-hybridized carbons (Fsp3) is 0.333. The molecule has 21 heavy (non-hydrogen) atoms. The Balaban J connectivity index is 1.87. The van der Waals surface area contributed by atoms with Crippen LogP contribution in [-0.2, 0) is 0 Å². The first-order valence-electron chi connectivity index (χ1n) is 7.48. The first-order chi connectivity index (χ1) is 10.2. The fourth-order valence-corrected chi connectivity index (χ4v) is 3.91. The highest BCUT2D eigenvalue weighted by Crippen LogP contribution is 2.44. The van der Waals surface area contributed by atoms with Gasteiger partial charge in [-0.2, -0.15) is 0 Å². The van der Waals surface area contributed by atoms with Crippen LogP contribution in [0, 0.1) is 5.92 Å². The topological polar surface area (TPSA) is 54.4 Å². The van der Waals surface area contributed by atoms with Crippen LogP contribution in [0.2, 0.25) is 0 Å². The maximum Gasteiger partial charge on any atom is 0.190 e. The Morgan fingerprint density at radius 1 is 1.00 bits per heavy atom. The largest absolute Gasteiger partial charge is 0.389 e. The Kier molecular flexibility index (Phi) is 2.73. The van der Waals surface area contributed by atoms with Gasteiger partial charge in [-0.25, -0.2) is 0 Å². The van der Waals surface area contributed by atoms with Gasteiger partial charge in [0.2, 0.25) is 0 Å². The lowest BCUT2D eigenvalue weighted by molar-refractivity contribution is 0.0952. The van der Waals surface area contributed by atoms with Crippen molar-refractivity contribution in [1.82, 2.24) is 0 Å². The number of hydrogen-bond acceptors (Lipinski definition) is 3. The molecule has 2 atom stereocenters. The highest BCUT2D eigenvalue weighted by atomic mass is 16.3. The van der Waals surface area contributed by atoms with Crippen LogP contribution in [0.15, 0.2) is 47.1 Å². The summed E-state index contributed by atoms with van der Waals surface area (Å²) in [6.07, 6.45) is 4.47. The van der Waals surface area contributed by atoms with Crippen LogP contribution in [-0.4, -0.2) is 22.8 Å². The number of aliphatic hydroxyl groups is 1. The minimum atomic E-state index is -0.460. The molecule has 106 valence electrons. The summed E-state index contributed by atoms with van der Waals surface area (Å²) in [5, 5.41) is 10.2. The van der Waals surface area contributed by atoms with Crippen molar-refractivity contribution in [3.8, 4) is 0 Å². The van der Waals surface area contributed by atoms with E-state index in [2.05, 4.69) is 0 Å². The van der Waals surface area contributed by atoms with Gasteiger partial charge < -0.3 is 5.11 Å². The Hall–Kier alpha value is -2.00. The number of allylic oxidation sites excluding steroid dienone is 3. The maximum absolute atomic E-state index is 12.8. The van der Waals surface area contributed by atoms with Crippen molar-refractivity contribution < 1.29 is 14.7 Å². The van der Waals surface area contributed by atoms with Crippen LogP contribution < -0.4 is 0 Å². The molecule has 0 aromatic heterocycles. The molecule has 3 aliphatic carbocycles. The summed E-state index contributed by atoms with van der Waals surface area (Å²) >= 11 is 0. The van der Waals surface area contributed by atoms with Crippen molar-refractivity contribution in [3.05, 3.63) is 58.2 Å². The van der Waals surface area contributed by atoms with Crippen LogP contribution in [0.1, 0.15) is 46.4 Å². The molecule has 0 spiro atoms. The summed E-state index contributed by atoms with van der Waals surface area (Å²) in [6, 6.07) is 7.06. The van der Waals surface area contributed by atoms with Crippen molar-refractivity contribution in [2.75, 3.05) is 0 Å². The molecule has 1 aromatic rings. The van der Waals surface area contributed by atoms with Gasteiger partial charge in [0.25, 0.3) is 0 Å². The van der Waals surface area contributed by atoms with Gasteiger partial charge in [0.15, 0.2) is 11.6 Å². The van der Waals surface area contributed by atoms with Crippen LogP contribution in [0.5, 0.6) is 0 Å². The Bertz CT molecular complexity index is 724. The molecule has 1 aromatic carbocycles. The minimum absolute atomic E-state index is 0.0180. The van der Waals surface area contributed by atoms with Crippen LogP contribution in [0.3, 0.4) is 0 Å². The highest BCUT2D eigenvalue weighted by Gasteiger charge is 2.41. The predicted molar refractivity (Wildman–Crippen MR) is 78.2 cm³/mol. The molecular formula is C18H16O3. The lowest BCUT2D eigenvalue weighted by Gasteiger charge is -2.36. The maximum atomic E-state index is 12.8. The monoisotopic (exact) mass is 280 g/mol. The van der Waals surface area contributed by atoms with E-state index in [0.29, 0.717) is 28.7 Å². The van der Waals surface area contributed by atoms with Crippen molar-refractivity contribution in [2.24, 2.45) is 5.92 Å². The second-order valence-corrected chi connectivity index (χ2v) is 6.00. The van der Waals surface area contributed by atoms with Gasteiger partial charge in [-0.15, -0.1) is 0 Å². The van der Waals surface area contributed by atoms with Crippen LogP contribution in [0.4, 0.5) is 0 Å². The van der Waals surface area contributed by atoms with Gasteiger partial charge in [-0.1, -0.05) is 30.3 Å². The molecule has 1 saturated carbocycles. The number of benzene rings is 1. The lowest BCUT2D eigenvalue weighted by Crippen LogP contribution is -2.34. The molecule has 1 N–H and O–H groups in total. The number of carbonyl (C=O) groups excluding carboxylic acids is 2. The number of Topliss-reactive ketones (excluding diaryl/α,β-unsaturated/α-hetero) is 2. The van der Waals surface area contributed by atoms with Crippen molar-refractivity contribution in [3.63, 3.8) is 0 Å². The second-order valence-electron chi connectivity index (χ2n) is 6.00. The minimum Gasteiger partial charge on any atom is -0.389 e. The summed E-state index contributed by atoms with van der Waals surface area (Å²) in [4.78, 5) is 25.5. The lowest BCUT2D eigenvalue weighted by atomic mass is 9.67. The number of aliphatic hydroxyl groups excluding tert-OH is 1. The average molecular weight is 280 g/mol. The highest BCUT2D eigenvalue weighted by molar-refractivity contribution is 6.27. The predicted octanol–water partition coefficient (Wildman–Crippen LogP) is 2.85. The van der Waals surface area contributed by atoms with E-state index >= 15 is 0 Å². The molecule has 3 aliphatic rings. The molecule has 3 nitrogen and oxygen atoms in total. The standard InChI is InChI=1S/C18H16O3/c19-15-7-3-6-11-10(15)8-9-14-16(11)18(21)13-5-2-1-4-12(13)17(14)20/h1-2,4-5,8,11,15,19H,3,6-7,9H2/t11-,15-/m0/s1. The van der Waals surface area contributed by atoms with Gasteiger partial charge >= 0.3 is 0 Å². The average Bonchev–Trinajstić information content (AvgIpc) is 2.52. The molecule has 0 unspecified atom stereocenters. The van der Waals surface area contributed by atoms with Crippen molar-refractivity contribution in [2.45, 2.75) is 31.8 Å². The summed E-state index contributed by atoms with van der Waals surface area (Å²) in [5.74, 6) is -0.109. The zero-order valence-electron chi connectivity index (χ0n) is 11.6. The van der Waals surface area contributed by atoms with E-state index in [1.165, 1.54) is 0 Å². The SMILES string of the molecule is O=C1C2=C(C(=O)c3ccccc31)[C@H]1CCC[C@H](O)C1=CC2. The van der Waals surface area contributed by atoms with E-state index in [0.717, 1.165) is 24.8 Å². The third-order valence-electron chi connectivity index (χ3n) is 4.91. The van der Waals surface area contributed by atoms with Crippen LogP contribution >= 0.6 is 0 Å². The van der Waals surface area contributed by atoms with E-state index in [1.54, 1.807) is 24.3 Å². The third kappa shape index (κ3) is 1.70. The van der Waals surface area contributed by atoms with Gasteiger partial charge in [-0.3, -0.25) is 9.59 Å². The number of fused-ring (bicyclic) bond motifs is 3. The van der Waals surface area contributed by atoms with Gasteiger partial charge in [-0.05, 0) is 31.3 Å². The van der Waals surface area contributed by atoms with E-state index in [-0.39, 0.29) is 17.5 Å². The second kappa shape index (κ2) is 4.50. The van der Waals surface area contributed by atoms with Gasteiger partial charge in [0.05, 0.1) is 6.10 Å². The molecule has 0 aliphatic heterocycles. The zero-order valence-corrected chi connectivity index (χ0v) is 11.6.